The van der Waals surface area contributed by atoms with E-state index in [4.69, 9.17) is 15.2 Å². The van der Waals surface area contributed by atoms with Crippen LogP contribution < -0.4 is 15.8 Å². The molecule has 0 fully saturated rings. The van der Waals surface area contributed by atoms with Crippen molar-refractivity contribution in [2.45, 2.75) is 18.9 Å². The number of hydrogen-bond donors (Lipinski definition) is 2. The lowest BCUT2D eigenvalue weighted by Crippen LogP contribution is -2.22. The summed E-state index contributed by atoms with van der Waals surface area (Å²) in [6.07, 6.45) is 0.974. The molecule has 0 aromatic heterocycles. The van der Waals surface area contributed by atoms with E-state index >= 15 is 0 Å². The summed E-state index contributed by atoms with van der Waals surface area (Å²) in [4.78, 5) is 12.3. The molecule has 2 aromatic carbocycles. The standard InChI is InChI=1S/C18H20N2O3/c1-22-16-7-6-13(10-15(16)19)20-18(21)11-17-14-5-3-2-4-12(14)8-9-23-17/h2-7,10,17H,8-9,11,19H2,1H3,(H,20,21). The summed E-state index contributed by atoms with van der Waals surface area (Å²) in [5.41, 5.74) is 9.35. The number of anilines is 2. The second-order valence-corrected chi connectivity index (χ2v) is 5.52. The van der Waals surface area contributed by atoms with Crippen LogP contribution in [-0.2, 0) is 16.0 Å². The molecule has 0 saturated heterocycles. The van der Waals surface area contributed by atoms with Gasteiger partial charge in [-0.2, -0.15) is 0 Å². The highest BCUT2D eigenvalue weighted by molar-refractivity contribution is 5.91. The van der Waals surface area contributed by atoms with Crippen LogP contribution in [0.25, 0.3) is 0 Å². The minimum absolute atomic E-state index is 0.101. The third-order valence-electron chi connectivity index (χ3n) is 3.98. The number of hydrogen-bond acceptors (Lipinski definition) is 4. The quantitative estimate of drug-likeness (QED) is 0.851. The lowest BCUT2D eigenvalue weighted by molar-refractivity contribution is -0.119. The highest BCUT2D eigenvalue weighted by Crippen LogP contribution is 2.30. The number of fused-ring (bicyclic) bond motifs is 1. The van der Waals surface area contributed by atoms with E-state index in [1.54, 1.807) is 25.3 Å². The van der Waals surface area contributed by atoms with Crippen LogP contribution in [0.2, 0.25) is 0 Å². The van der Waals surface area contributed by atoms with Gasteiger partial charge in [0.05, 0.1) is 31.9 Å². The molecule has 2 aromatic rings. The number of ether oxygens (including phenoxy) is 2. The summed E-state index contributed by atoms with van der Waals surface area (Å²) in [5.74, 6) is 0.490. The van der Waals surface area contributed by atoms with Crippen LogP contribution in [0.4, 0.5) is 11.4 Å². The van der Waals surface area contributed by atoms with Crippen molar-refractivity contribution in [2.24, 2.45) is 0 Å². The molecule has 0 radical (unpaired) electrons. The normalized spacial score (nSPS) is 16.5. The van der Waals surface area contributed by atoms with E-state index in [0.717, 1.165) is 12.0 Å². The smallest absolute Gasteiger partial charge is 0.227 e. The van der Waals surface area contributed by atoms with Gasteiger partial charge in [-0.3, -0.25) is 4.79 Å². The van der Waals surface area contributed by atoms with Gasteiger partial charge in [0.15, 0.2) is 0 Å². The Balaban J connectivity index is 1.67. The monoisotopic (exact) mass is 312 g/mol. The Bertz CT molecular complexity index is 715. The summed E-state index contributed by atoms with van der Waals surface area (Å²) in [5, 5.41) is 2.86. The third-order valence-corrected chi connectivity index (χ3v) is 3.98. The summed E-state index contributed by atoms with van der Waals surface area (Å²) >= 11 is 0. The van der Waals surface area contributed by atoms with Gasteiger partial charge in [-0.1, -0.05) is 24.3 Å². The predicted octanol–water partition coefficient (Wildman–Crippen LogP) is 2.92. The zero-order valence-corrected chi connectivity index (χ0v) is 13.0. The van der Waals surface area contributed by atoms with E-state index in [0.29, 0.717) is 23.7 Å². The molecular formula is C18H20N2O3. The molecule has 3 rings (SSSR count). The van der Waals surface area contributed by atoms with Crippen molar-refractivity contribution in [3.05, 3.63) is 53.6 Å². The number of nitrogens with two attached hydrogens (primary N) is 1. The zero-order chi connectivity index (χ0) is 16.2. The van der Waals surface area contributed by atoms with Gasteiger partial charge in [-0.15, -0.1) is 0 Å². The predicted molar refractivity (Wildman–Crippen MR) is 89.5 cm³/mol. The van der Waals surface area contributed by atoms with Crippen LogP contribution >= 0.6 is 0 Å². The first-order valence-electron chi connectivity index (χ1n) is 7.60. The molecule has 1 aliphatic heterocycles. The van der Waals surface area contributed by atoms with Gasteiger partial charge in [0.1, 0.15) is 5.75 Å². The molecule has 1 atom stereocenters. The summed E-state index contributed by atoms with van der Waals surface area (Å²) < 4.78 is 10.9. The number of amides is 1. The molecule has 0 spiro atoms. The summed E-state index contributed by atoms with van der Waals surface area (Å²) in [6.45, 7) is 0.643. The molecule has 120 valence electrons. The number of rotatable bonds is 4. The molecule has 23 heavy (non-hydrogen) atoms. The molecule has 5 heteroatoms. The van der Waals surface area contributed by atoms with Crippen molar-refractivity contribution in [3.63, 3.8) is 0 Å². The molecule has 5 nitrogen and oxygen atoms in total. The highest BCUT2D eigenvalue weighted by Gasteiger charge is 2.23. The van der Waals surface area contributed by atoms with E-state index in [9.17, 15) is 4.79 Å². The summed E-state index contributed by atoms with van der Waals surface area (Å²) in [6, 6.07) is 13.3. The molecular weight excluding hydrogens is 292 g/mol. The SMILES string of the molecule is COc1ccc(NC(=O)CC2OCCc3ccccc32)cc1N. The number of nitrogen functional groups attached to an aromatic ring is 1. The molecule has 3 N–H and O–H groups in total. The molecule has 1 amide bonds. The van der Waals surface area contributed by atoms with Crippen LogP contribution in [0.5, 0.6) is 5.75 Å². The summed E-state index contributed by atoms with van der Waals surface area (Å²) in [7, 11) is 1.56. The average molecular weight is 312 g/mol. The number of nitrogens with one attached hydrogen (secondary N) is 1. The highest BCUT2D eigenvalue weighted by atomic mass is 16.5. The Hall–Kier alpha value is -2.53. The molecule has 0 bridgehead atoms. The second-order valence-electron chi connectivity index (χ2n) is 5.52. The van der Waals surface area contributed by atoms with Crippen molar-refractivity contribution < 1.29 is 14.3 Å². The maximum Gasteiger partial charge on any atom is 0.227 e. The average Bonchev–Trinajstić information content (AvgIpc) is 2.55. The Kier molecular flexibility index (Phi) is 4.48. The topological polar surface area (TPSA) is 73.6 Å². The lowest BCUT2D eigenvalue weighted by atomic mass is 9.95. The number of carbonyl (C=O) groups excluding carboxylic acids is 1. The molecule has 1 unspecified atom stereocenters. The number of methoxy groups -OCH3 is 1. The third kappa shape index (κ3) is 3.46. The van der Waals surface area contributed by atoms with E-state index in [2.05, 4.69) is 11.4 Å². The van der Waals surface area contributed by atoms with Gasteiger partial charge in [0.25, 0.3) is 0 Å². The lowest BCUT2D eigenvalue weighted by Gasteiger charge is -2.25. The fourth-order valence-corrected chi connectivity index (χ4v) is 2.84. The van der Waals surface area contributed by atoms with Gasteiger partial charge < -0.3 is 20.5 Å². The van der Waals surface area contributed by atoms with Crippen molar-refractivity contribution in [2.75, 3.05) is 24.8 Å². The van der Waals surface area contributed by atoms with Crippen molar-refractivity contribution in [1.82, 2.24) is 0 Å². The fourth-order valence-electron chi connectivity index (χ4n) is 2.84. The molecule has 0 saturated carbocycles. The van der Waals surface area contributed by atoms with Crippen LogP contribution in [0.3, 0.4) is 0 Å². The van der Waals surface area contributed by atoms with Crippen molar-refractivity contribution >= 4 is 17.3 Å². The van der Waals surface area contributed by atoms with Crippen molar-refractivity contribution in [3.8, 4) is 5.75 Å². The van der Waals surface area contributed by atoms with Crippen LogP contribution in [0.1, 0.15) is 23.7 Å². The first-order valence-corrected chi connectivity index (χ1v) is 7.60. The van der Waals surface area contributed by atoms with E-state index in [1.807, 2.05) is 18.2 Å². The molecule has 1 heterocycles. The Morgan fingerprint density at radius 1 is 1.35 bits per heavy atom. The number of carbonyl (C=O) groups is 1. The Morgan fingerprint density at radius 3 is 2.96 bits per heavy atom. The van der Waals surface area contributed by atoms with Gasteiger partial charge in [-0.05, 0) is 35.7 Å². The Labute approximate surface area is 135 Å². The second kappa shape index (κ2) is 6.71. The van der Waals surface area contributed by atoms with Crippen molar-refractivity contribution in [1.29, 1.82) is 0 Å². The molecule has 0 aliphatic carbocycles. The molecule has 1 aliphatic rings. The van der Waals surface area contributed by atoms with Gasteiger partial charge >= 0.3 is 0 Å². The zero-order valence-electron chi connectivity index (χ0n) is 13.0. The first-order chi connectivity index (χ1) is 11.2. The van der Waals surface area contributed by atoms with Gasteiger partial charge in [-0.25, -0.2) is 0 Å². The number of benzene rings is 2. The Morgan fingerprint density at radius 2 is 2.17 bits per heavy atom. The fraction of sp³-hybridized carbons (Fsp3) is 0.278. The minimum atomic E-state index is -0.199. The van der Waals surface area contributed by atoms with Gasteiger partial charge in [0.2, 0.25) is 5.91 Å². The van der Waals surface area contributed by atoms with Crippen LogP contribution in [0.15, 0.2) is 42.5 Å². The van der Waals surface area contributed by atoms with Crippen LogP contribution in [0, 0.1) is 0 Å². The minimum Gasteiger partial charge on any atom is -0.495 e. The maximum atomic E-state index is 12.3. The van der Waals surface area contributed by atoms with E-state index < -0.39 is 0 Å². The largest absolute Gasteiger partial charge is 0.495 e. The maximum absolute atomic E-state index is 12.3. The van der Waals surface area contributed by atoms with E-state index in [-0.39, 0.29) is 18.4 Å². The van der Waals surface area contributed by atoms with Gasteiger partial charge in [0, 0.05) is 5.69 Å². The first kappa shape index (κ1) is 15.4. The van der Waals surface area contributed by atoms with Crippen LogP contribution in [-0.4, -0.2) is 19.6 Å². The van der Waals surface area contributed by atoms with E-state index in [1.165, 1.54) is 5.56 Å².